The van der Waals surface area contributed by atoms with Crippen molar-refractivity contribution < 1.29 is 19.0 Å². The Hall–Kier alpha value is -2.25. The highest BCUT2D eigenvalue weighted by molar-refractivity contribution is 5.68. The van der Waals surface area contributed by atoms with Gasteiger partial charge in [-0.25, -0.2) is 4.79 Å². The van der Waals surface area contributed by atoms with Gasteiger partial charge in [-0.3, -0.25) is 0 Å². The lowest BCUT2D eigenvalue weighted by atomic mass is 10.1. The molecular weight excluding hydrogens is 274 g/mol. The predicted molar refractivity (Wildman–Crippen MR) is 72.8 cm³/mol. The summed E-state index contributed by atoms with van der Waals surface area (Å²) in [5.41, 5.74) is -0.747. The van der Waals surface area contributed by atoms with Crippen LogP contribution in [-0.4, -0.2) is 49.5 Å². The van der Waals surface area contributed by atoms with Gasteiger partial charge >= 0.3 is 6.09 Å². The average molecular weight is 293 g/mol. The molecule has 0 aromatic carbocycles. The number of hydrogen-bond donors (Lipinski definition) is 0. The Morgan fingerprint density at radius 1 is 1.33 bits per heavy atom. The maximum absolute atomic E-state index is 12.0. The second-order valence-electron chi connectivity index (χ2n) is 5.45. The van der Waals surface area contributed by atoms with Crippen molar-refractivity contribution in [3.63, 3.8) is 0 Å². The zero-order valence-corrected chi connectivity index (χ0v) is 12.7. The third-order valence-electron chi connectivity index (χ3n) is 2.70. The van der Waals surface area contributed by atoms with Gasteiger partial charge in [-0.1, -0.05) is 0 Å². The fraction of sp³-hybridized carbons (Fsp3) is 0.643. The highest BCUT2D eigenvalue weighted by Crippen LogP contribution is 2.19. The van der Waals surface area contributed by atoms with Crippen LogP contribution in [0.2, 0.25) is 0 Å². The molecule has 0 aromatic rings. The van der Waals surface area contributed by atoms with Gasteiger partial charge in [0, 0.05) is 6.54 Å². The molecule has 7 heteroatoms. The Labute approximate surface area is 124 Å². The molecule has 1 aliphatic heterocycles. The summed E-state index contributed by atoms with van der Waals surface area (Å²) in [5, 5.41) is 17.8. The standard InChI is InChI=1S/C14H19N3O4/c1-14(2,3)21-13(18)17-5-6-20-11(9-17)12(19-4)10(7-15)8-16/h11H,5-6,9H2,1-4H3. The molecule has 1 amide bonds. The lowest BCUT2D eigenvalue weighted by molar-refractivity contribution is -0.0441. The van der Waals surface area contributed by atoms with E-state index in [1.807, 2.05) is 0 Å². The zero-order chi connectivity index (χ0) is 16.0. The maximum Gasteiger partial charge on any atom is 0.410 e. The number of ether oxygens (including phenoxy) is 3. The zero-order valence-electron chi connectivity index (χ0n) is 12.7. The third kappa shape index (κ3) is 4.66. The molecule has 0 saturated carbocycles. The van der Waals surface area contributed by atoms with Gasteiger partial charge in [-0.15, -0.1) is 0 Å². The van der Waals surface area contributed by atoms with Crippen molar-refractivity contribution in [1.29, 1.82) is 10.5 Å². The summed E-state index contributed by atoms with van der Waals surface area (Å²) < 4.78 is 15.9. The van der Waals surface area contributed by atoms with Crippen molar-refractivity contribution in [2.45, 2.75) is 32.5 Å². The van der Waals surface area contributed by atoms with Crippen molar-refractivity contribution in [2.75, 3.05) is 26.8 Å². The van der Waals surface area contributed by atoms with E-state index in [0.29, 0.717) is 6.54 Å². The van der Waals surface area contributed by atoms with E-state index >= 15 is 0 Å². The monoisotopic (exact) mass is 293 g/mol. The molecule has 7 nitrogen and oxygen atoms in total. The van der Waals surface area contributed by atoms with Gasteiger partial charge < -0.3 is 19.1 Å². The van der Waals surface area contributed by atoms with Crippen LogP contribution in [0.1, 0.15) is 20.8 Å². The van der Waals surface area contributed by atoms with Crippen LogP contribution in [0, 0.1) is 22.7 Å². The smallest absolute Gasteiger partial charge is 0.410 e. The normalized spacial score (nSPS) is 18.2. The number of nitriles is 2. The van der Waals surface area contributed by atoms with Crippen LogP contribution in [0.15, 0.2) is 11.3 Å². The second kappa shape index (κ2) is 6.96. The minimum atomic E-state index is -0.648. The quantitative estimate of drug-likeness (QED) is 0.566. The van der Waals surface area contributed by atoms with Gasteiger partial charge in [0.15, 0.2) is 11.3 Å². The second-order valence-corrected chi connectivity index (χ2v) is 5.45. The molecule has 0 N–H and O–H groups in total. The van der Waals surface area contributed by atoms with Gasteiger partial charge in [0.25, 0.3) is 0 Å². The summed E-state index contributed by atoms with van der Waals surface area (Å²) in [5.74, 6) is 0.133. The summed E-state index contributed by atoms with van der Waals surface area (Å²) in [6.07, 6.45) is -1.10. The van der Waals surface area contributed by atoms with Crippen molar-refractivity contribution in [2.24, 2.45) is 0 Å². The van der Waals surface area contributed by atoms with Gasteiger partial charge in [0.2, 0.25) is 0 Å². The fourth-order valence-corrected chi connectivity index (χ4v) is 1.83. The Bertz CT molecular complexity index is 492. The SMILES string of the molecule is COC(=C(C#N)C#N)C1CN(C(=O)OC(C)(C)C)CCO1. The van der Waals surface area contributed by atoms with Crippen LogP contribution < -0.4 is 0 Å². The first-order valence-electron chi connectivity index (χ1n) is 6.50. The average Bonchev–Trinajstić information content (AvgIpc) is 2.43. The van der Waals surface area contributed by atoms with Crippen molar-refractivity contribution in [3.8, 4) is 12.1 Å². The number of morpholine rings is 1. The fourth-order valence-electron chi connectivity index (χ4n) is 1.83. The number of carbonyl (C=O) groups excluding carboxylic acids is 1. The number of carbonyl (C=O) groups is 1. The molecule has 1 fully saturated rings. The van der Waals surface area contributed by atoms with E-state index in [1.54, 1.807) is 32.9 Å². The Balaban J connectivity index is 2.86. The molecule has 0 aromatic heterocycles. The van der Waals surface area contributed by atoms with E-state index in [9.17, 15) is 4.79 Å². The van der Waals surface area contributed by atoms with E-state index in [-0.39, 0.29) is 24.5 Å². The molecule has 1 heterocycles. The number of rotatable bonds is 2. The molecule has 0 bridgehead atoms. The minimum Gasteiger partial charge on any atom is -0.496 e. The molecule has 1 atom stereocenters. The van der Waals surface area contributed by atoms with E-state index in [0.717, 1.165) is 0 Å². The summed E-state index contributed by atoms with van der Waals surface area (Å²) in [6.45, 7) is 6.19. The molecule has 21 heavy (non-hydrogen) atoms. The minimum absolute atomic E-state index is 0.133. The number of hydrogen-bond acceptors (Lipinski definition) is 6. The molecule has 0 radical (unpaired) electrons. The Morgan fingerprint density at radius 3 is 2.43 bits per heavy atom. The number of methoxy groups -OCH3 is 1. The first kappa shape index (κ1) is 16.8. The van der Waals surface area contributed by atoms with Gasteiger partial charge in [-0.05, 0) is 20.8 Å². The highest BCUT2D eigenvalue weighted by Gasteiger charge is 2.32. The lowest BCUT2D eigenvalue weighted by Crippen LogP contribution is -2.48. The number of amides is 1. The molecule has 0 spiro atoms. The number of allylic oxidation sites excluding steroid dienone is 1. The highest BCUT2D eigenvalue weighted by atomic mass is 16.6. The van der Waals surface area contributed by atoms with Crippen molar-refractivity contribution >= 4 is 6.09 Å². The van der Waals surface area contributed by atoms with E-state index in [4.69, 9.17) is 24.7 Å². The van der Waals surface area contributed by atoms with E-state index in [2.05, 4.69) is 0 Å². The van der Waals surface area contributed by atoms with Crippen molar-refractivity contribution in [1.82, 2.24) is 4.90 Å². The Kier molecular flexibility index (Phi) is 5.57. The van der Waals surface area contributed by atoms with E-state index in [1.165, 1.54) is 12.0 Å². The largest absolute Gasteiger partial charge is 0.496 e. The van der Waals surface area contributed by atoms with Crippen molar-refractivity contribution in [3.05, 3.63) is 11.3 Å². The summed E-state index contributed by atoms with van der Waals surface area (Å²) in [6, 6.07) is 3.52. The van der Waals surface area contributed by atoms with Crippen LogP contribution in [0.5, 0.6) is 0 Å². The first-order valence-corrected chi connectivity index (χ1v) is 6.50. The predicted octanol–water partition coefficient (Wildman–Crippen LogP) is 1.57. The lowest BCUT2D eigenvalue weighted by Gasteiger charge is -2.34. The van der Waals surface area contributed by atoms with Crippen LogP contribution in [0.3, 0.4) is 0 Å². The molecule has 114 valence electrons. The molecule has 1 rings (SSSR count). The molecular formula is C14H19N3O4. The summed E-state index contributed by atoms with van der Waals surface area (Å²) in [4.78, 5) is 13.5. The van der Waals surface area contributed by atoms with Crippen LogP contribution >= 0.6 is 0 Å². The van der Waals surface area contributed by atoms with Crippen LogP contribution in [0.25, 0.3) is 0 Å². The van der Waals surface area contributed by atoms with E-state index < -0.39 is 17.8 Å². The topological polar surface area (TPSA) is 95.6 Å². The Morgan fingerprint density at radius 2 is 1.95 bits per heavy atom. The van der Waals surface area contributed by atoms with Crippen LogP contribution in [0.4, 0.5) is 4.79 Å². The molecule has 1 saturated heterocycles. The number of nitrogens with zero attached hydrogens (tertiary/aromatic N) is 3. The summed E-state index contributed by atoms with van der Waals surface area (Å²) in [7, 11) is 1.36. The summed E-state index contributed by atoms with van der Waals surface area (Å²) >= 11 is 0. The van der Waals surface area contributed by atoms with Crippen LogP contribution in [-0.2, 0) is 14.2 Å². The van der Waals surface area contributed by atoms with Gasteiger partial charge in [-0.2, -0.15) is 10.5 Å². The molecule has 0 aliphatic carbocycles. The maximum atomic E-state index is 12.0. The van der Waals surface area contributed by atoms with Gasteiger partial charge in [0.05, 0.1) is 20.3 Å². The van der Waals surface area contributed by atoms with Gasteiger partial charge in [0.1, 0.15) is 23.8 Å². The molecule has 1 aliphatic rings. The first-order chi connectivity index (χ1) is 9.82. The molecule has 1 unspecified atom stereocenters. The third-order valence-corrected chi connectivity index (χ3v) is 2.70.